The number of carbonyl (C=O) groups is 1. The van der Waals surface area contributed by atoms with Gasteiger partial charge in [0.25, 0.3) is 0 Å². The van der Waals surface area contributed by atoms with Gasteiger partial charge in [0.1, 0.15) is 0 Å². The number of likely N-dealkylation sites (N-methyl/N-ethyl adjacent to an activating group) is 1. The molecule has 0 atom stereocenters. The third kappa shape index (κ3) is 6.28. The monoisotopic (exact) mass is 493 g/mol. The first-order valence-corrected chi connectivity index (χ1v) is 13.4. The first-order chi connectivity index (χ1) is 15.2. The van der Waals surface area contributed by atoms with E-state index in [0.29, 0.717) is 23.2 Å². The van der Waals surface area contributed by atoms with Crippen molar-refractivity contribution in [2.24, 2.45) is 0 Å². The molecule has 3 aromatic rings. The summed E-state index contributed by atoms with van der Waals surface area (Å²) < 4.78 is 26.2. The summed E-state index contributed by atoms with van der Waals surface area (Å²) in [5.74, 6) is -0.213. The van der Waals surface area contributed by atoms with Gasteiger partial charge in [0.2, 0.25) is 5.91 Å². The molecule has 0 aliphatic carbocycles. The fourth-order valence-electron chi connectivity index (χ4n) is 3.23. The number of aryl methyl sites for hydroxylation is 1. The van der Waals surface area contributed by atoms with Crippen LogP contribution in [0.15, 0.2) is 47.4 Å². The molecule has 0 aliphatic rings. The second-order valence-electron chi connectivity index (χ2n) is 7.88. The Kier molecular flexibility index (Phi) is 8.27. The standard InChI is InChI=1S/C23H28ClN3O3S2/c1-4-17-7-12-20-21(16-17)31-23(25-20)27(14-13-26(2)3)22(28)6-5-15-32(29,30)19-10-8-18(24)9-11-19/h7-12,16H,4-6,13-15H2,1-3H3. The highest BCUT2D eigenvalue weighted by Gasteiger charge is 2.21. The number of halogens is 1. The van der Waals surface area contributed by atoms with E-state index in [9.17, 15) is 13.2 Å². The molecule has 0 saturated heterocycles. The number of amides is 1. The van der Waals surface area contributed by atoms with Crippen LogP contribution in [0.3, 0.4) is 0 Å². The molecule has 9 heteroatoms. The molecule has 0 bridgehead atoms. The van der Waals surface area contributed by atoms with Crippen LogP contribution in [0.5, 0.6) is 0 Å². The first kappa shape index (κ1) is 24.6. The van der Waals surface area contributed by atoms with Gasteiger partial charge in [-0.1, -0.05) is 35.9 Å². The lowest BCUT2D eigenvalue weighted by Crippen LogP contribution is -2.36. The maximum Gasteiger partial charge on any atom is 0.228 e. The van der Waals surface area contributed by atoms with E-state index in [0.717, 1.165) is 16.6 Å². The number of rotatable bonds is 10. The number of fused-ring (bicyclic) bond motifs is 1. The molecule has 0 fully saturated rings. The lowest BCUT2D eigenvalue weighted by Gasteiger charge is -2.22. The molecule has 32 heavy (non-hydrogen) atoms. The van der Waals surface area contributed by atoms with Crippen LogP contribution in [0.25, 0.3) is 10.2 Å². The summed E-state index contributed by atoms with van der Waals surface area (Å²) in [5.41, 5.74) is 2.10. The van der Waals surface area contributed by atoms with Crippen molar-refractivity contribution in [1.82, 2.24) is 9.88 Å². The van der Waals surface area contributed by atoms with Crippen LogP contribution in [0, 0.1) is 0 Å². The van der Waals surface area contributed by atoms with Crippen LogP contribution in [-0.4, -0.2) is 57.1 Å². The van der Waals surface area contributed by atoms with Gasteiger partial charge in [0.05, 0.1) is 20.9 Å². The summed E-state index contributed by atoms with van der Waals surface area (Å²) in [6, 6.07) is 12.3. The molecule has 1 heterocycles. The SMILES string of the molecule is CCc1ccc2nc(N(CCN(C)C)C(=O)CCCS(=O)(=O)c3ccc(Cl)cc3)sc2c1. The lowest BCUT2D eigenvalue weighted by atomic mass is 10.2. The molecule has 1 amide bonds. The normalized spacial score (nSPS) is 11.9. The molecular formula is C23H28ClN3O3S2. The van der Waals surface area contributed by atoms with Gasteiger partial charge in [-0.2, -0.15) is 0 Å². The van der Waals surface area contributed by atoms with Crippen molar-refractivity contribution < 1.29 is 13.2 Å². The third-order valence-electron chi connectivity index (χ3n) is 5.13. The summed E-state index contributed by atoms with van der Waals surface area (Å²) in [6.07, 6.45) is 1.32. The largest absolute Gasteiger partial charge is 0.308 e. The van der Waals surface area contributed by atoms with Gasteiger partial charge in [0, 0.05) is 24.5 Å². The molecule has 0 saturated carbocycles. The number of sulfone groups is 1. The van der Waals surface area contributed by atoms with Crippen molar-refractivity contribution in [3.63, 3.8) is 0 Å². The van der Waals surface area contributed by atoms with Gasteiger partial charge < -0.3 is 4.90 Å². The second-order valence-corrected chi connectivity index (χ2v) is 11.4. The van der Waals surface area contributed by atoms with Crippen molar-refractivity contribution in [2.75, 3.05) is 37.8 Å². The Morgan fingerprint density at radius 2 is 1.81 bits per heavy atom. The smallest absolute Gasteiger partial charge is 0.228 e. The zero-order valence-corrected chi connectivity index (χ0v) is 20.9. The van der Waals surface area contributed by atoms with E-state index in [1.54, 1.807) is 17.0 Å². The summed E-state index contributed by atoms with van der Waals surface area (Å²) >= 11 is 7.34. The van der Waals surface area contributed by atoms with Crippen LogP contribution in [-0.2, 0) is 21.1 Å². The van der Waals surface area contributed by atoms with Crippen molar-refractivity contribution >= 4 is 54.0 Å². The number of hydrogen-bond acceptors (Lipinski definition) is 6. The van der Waals surface area contributed by atoms with E-state index < -0.39 is 9.84 Å². The molecule has 0 spiro atoms. The van der Waals surface area contributed by atoms with Crippen LogP contribution >= 0.6 is 22.9 Å². The molecule has 1 aromatic heterocycles. The maximum atomic E-state index is 13.1. The van der Waals surface area contributed by atoms with E-state index in [2.05, 4.69) is 24.0 Å². The number of nitrogens with zero attached hydrogens (tertiary/aromatic N) is 3. The van der Waals surface area contributed by atoms with Crippen molar-refractivity contribution in [3.8, 4) is 0 Å². The Morgan fingerprint density at radius 1 is 1.09 bits per heavy atom. The molecule has 172 valence electrons. The zero-order valence-electron chi connectivity index (χ0n) is 18.5. The van der Waals surface area contributed by atoms with E-state index in [4.69, 9.17) is 11.6 Å². The van der Waals surface area contributed by atoms with Gasteiger partial charge in [-0.3, -0.25) is 9.69 Å². The van der Waals surface area contributed by atoms with Crippen LogP contribution in [0.1, 0.15) is 25.3 Å². The summed E-state index contributed by atoms with van der Waals surface area (Å²) in [7, 11) is 0.436. The summed E-state index contributed by atoms with van der Waals surface area (Å²) in [4.78, 5) is 21.7. The van der Waals surface area contributed by atoms with E-state index >= 15 is 0 Å². The second kappa shape index (κ2) is 10.7. The lowest BCUT2D eigenvalue weighted by molar-refractivity contribution is -0.118. The highest BCUT2D eigenvalue weighted by molar-refractivity contribution is 7.91. The third-order valence-corrected chi connectivity index (χ3v) is 8.24. The number of carbonyl (C=O) groups excluding carboxylic acids is 1. The van der Waals surface area contributed by atoms with Gasteiger partial charge in [-0.05, 0) is 68.9 Å². The van der Waals surface area contributed by atoms with E-state index in [-0.39, 0.29) is 29.4 Å². The molecule has 0 radical (unpaired) electrons. The van der Waals surface area contributed by atoms with Crippen LogP contribution in [0.4, 0.5) is 5.13 Å². The highest BCUT2D eigenvalue weighted by atomic mass is 35.5. The van der Waals surface area contributed by atoms with Crippen molar-refractivity contribution in [3.05, 3.63) is 53.1 Å². The van der Waals surface area contributed by atoms with Gasteiger partial charge in [0.15, 0.2) is 15.0 Å². The fraction of sp³-hybridized carbons (Fsp3) is 0.391. The van der Waals surface area contributed by atoms with E-state index in [1.165, 1.54) is 29.0 Å². The summed E-state index contributed by atoms with van der Waals surface area (Å²) in [6.45, 7) is 3.29. The Bertz CT molecular complexity index is 1170. The minimum absolute atomic E-state index is 0.0956. The molecule has 0 unspecified atom stereocenters. The van der Waals surface area contributed by atoms with Gasteiger partial charge in [-0.25, -0.2) is 13.4 Å². The number of thiazole rings is 1. The molecule has 3 rings (SSSR count). The highest BCUT2D eigenvalue weighted by Crippen LogP contribution is 2.30. The number of aromatic nitrogens is 1. The predicted molar refractivity (Wildman–Crippen MR) is 133 cm³/mol. The Hall–Kier alpha value is -2.00. The number of benzene rings is 2. The Morgan fingerprint density at radius 3 is 2.47 bits per heavy atom. The fourth-order valence-corrected chi connectivity index (χ4v) is 5.74. The molecule has 6 nitrogen and oxygen atoms in total. The van der Waals surface area contributed by atoms with E-state index in [1.807, 2.05) is 25.1 Å². The zero-order chi connectivity index (χ0) is 23.3. The average Bonchev–Trinajstić information content (AvgIpc) is 3.16. The molecule has 2 aromatic carbocycles. The quantitative estimate of drug-likeness (QED) is 0.410. The predicted octanol–water partition coefficient (Wildman–Crippen LogP) is 4.66. The topological polar surface area (TPSA) is 70.6 Å². The Balaban J connectivity index is 1.72. The van der Waals surface area contributed by atoms with Gasteiger partial charge in [-0.15, -0.1) is 0 Å². The van der Waals surface area contributed by atoms with Crippen molar-refractivity contribution in [1.29, 1.82) is 0 Å². The van der Waals surface area contributed by atoms with Crippen molar-refractivity contribution in [2.45, 2.75) is 31.1 Å². The van der Waals surface area contributed by atoms with Gasteiger partial charge >= 0.3 is 0 Å². The summed E-state index contributed by atoms with van der Waals surface area (Å²) in [5, 5.41) is 1.14. The molecule has 0 aliphatic heterocycles. The molecule has 0 N–H and O–H groups in total. The minimum Gasteiger partial charge on any atom is -0.308 e. The number of hydrogen-bond donors (Lipinski definition) is 0. The molecular weight excluding hydrogens is 466 g/mol. The Labute approximate surface area is 198 Å². The minimum atomic E-state index is -3.47. The number of anilines is 1. The van der Waals surface area contributed by atoms with Crippen LogP contribution < -0.4 is 4.90 Å². The first-order valence-electron chi connectivity index (χ1n) is 10.5. The average molecular weight is 494 g/mol. The maximum absolute atomic E-state index is 13.1. The van der Waals surface area contributed by atoms with Crippen LogP contribution in [0.2, 0.25) is 5.02 Å².